The quantitative estimate of drug-likeness (QED) is 0.717. The van der Waals surface area contributed by atoms with E-state index in [0.717, 1.165) is 12.2 Å². The van der Waals surface area contributed by atoms with Crippen LogP contribution < -0.4 is 5.32 Å². The highest BCUT2D eigenvalue weighted by Gasteiger charge is 2.04. The second-order valence-electron chi connectivity index (χ2n) is 2.82. The number of hydrogen-bond donors (Lipinski definition) is 1. The zero-order valence-corrected chi connectivity index (χ0v) is 7.63. The van der Waals surface area contributed by atoms with Crippen molar-refractivity contribution in [1.82, 2.24) is 10.3 Å². The third-order valence-electron chi connectivity index (χ3n) is 1.76. The molecular weight excluding hydrogens is 167 g/mol. The highest BCUT2D eigenvalue weighted by molar-refractivity contribution is 5.09. The second-order valence-corrected chi connectivity index (χ2v) is 2.82. The van der Waals surface area contributed by atoms with E-state index in [2.05, 4.69) is 16.9 Å². The Morgan fingerprint density at radius 1 is 1.69 bits per heavy atom. The van der Waals surface area contributed by atoms with Crippen LogP contribution in [-0.4, -0.2) is 11.5 Å². The van der Waals surface area contributed by atoms with Crippen molar-refractivity contribution in [3.05, 3.63) is 42.5 Å². The van der Waals surface area contributed by atoms with Gasteiger partial charge in [0.15, 0.2) is 0 Å². The minimum absolute atomic E-state index is 0.124. The van der Waals surface area contributed by atoms with Crippen LogP contribution in [0.5, 0.6) is 0 Å². The molecule has 2 nitrogen and oxygen atoms in total. The molecule has 1 rings (SSSR count). The van der Waals surface area contributed by atoms with E-state index < -0.39 is 0 Å². The van der Waals surface area contributed by atoms with Crippen molar-refractivity contribution >= 4 is 0 Å². The Kier molecular flexibility index (Phi) is 3.58. The predicted molar refractivity (Wildman–Crippen MR) is 50.8 cm³/mol. The lowest BCUT2D eigenvalue weighted by Crippen LogP contribution is -2.19. The van der Waals surface area contributed by atoms with Crippen molar-refractivity contribution in [2.75, 3.05) is 6.54 Å². The maximum atomic E-state index is 12.5. The molecule has 1 heterocycles. The Morgan fingerprint density at radius 2 is 2.46 bits per heavy atom. The highest BCUT2D eigenvalue weighted by atomic mass is 19.1. The van der Waals surface area contributed by atoms with Gasteiger partial charge in [0.1, 0.15) is 5.82 Å². The Bertz CT molecular complexity index is 269. The van der Waals surface area contributed by atoms with Gasteiger partial charge in [0.25, 0.3) is 0 Å². The number of aromatic nitrogens is 1. The number of nitrogens with one attached hydrogen (secondary N) is 1. The van der Waals surface area contributed by atoms with E-state index in [4.69, 9.17) is 0 Å². The van der Waals surface area contributed by atoms with Crippen LogP contribution >= 0.6 is 0 Å². The lowest BCUT2D eigenvalue weighted by molar-refractivity contribution is 0.585. The van der Waals surface area contributed by atoms with Gasteiger partial charge in [-0.25, -0.2) is 4.39 Å². The molecule has 0 spiro atoms. The molecule has 1 N–H and O–H groups in total. The van der Waals surface area contributed by atoms with Crippen LogP contribution in [0.1, 0.15) is 18.7 Å². The maximum absolute atomic E-state index is 12.5. The molecule has 0 fully saturated rings. The normalized spacial score (nSPS) is 12.5. The van der Waals surface area contributed by atoms with Crippen molar-refractivity contribution in [3.8, 4) is 0 Å². The first-order valence-electron chi connectivity index (χ1n) is 4.19. The Labute approximate surface area is 77.5 Å². The maximum Gasteiger partial charge on any atom is 0.141 e. The van der Waals surface area contributed by atoms with E-state index in [-0.39, 0.29) is 11.9 Å². The predicted octanol–water partition coefficient (Wildman–Crippen LogP) is 2.06. The molecule has 0 radical (unpaired) electrons. The minimum Gasteiger partial charge on any atom is -0.305 e. The average molecular weight is 180 g/mol. The van der Waals surface area contributed by atoms with E-state index >= 15 is 0 Å². The van der Waals surface area contributed by atoms with E-state index in [0.29, 0.717) is 0 Å². The van der Waals surface area contributed by atoms with E-state index in [1.165, 1.54) is 12.3 Å². The third kappa shape index (κ3) is 2.95. The summed E-state index contributed by atoms with van der Waals surface area (Å²) in [7, 11) is 0. The van der Waals surface area contributed by atoms with E-state index in [1.807, 2.05) is 6.92 Å². The Hall–Kier alpha value is -1.22. The van der Waals surface area contributed by atoms with Gasteiger partial charge in [-0.05, 0) is 19.1 Å². The van der Waals surface area contributed by atoms with Gasteiger partial charge in [0.05, 0.1) is 11.9 Å². The Balaban J connectivity index is 2.60. The van der Waals surface area contributed by atoms with Crippen LogP contribution in [-0.2, 0) is 0 Å². The number of halogens is 1. The lowest BCUT2D eigenvalue weighted by Gasteiger charge is -2.10. The molecule has 3 heteroatoms. The number of hydrogen-bond acceptors (Lipinski definition) is 2. The molecule has 13 heavy (non-hydrogen) atoms. The van der Waals surface area contributed by atoms with Crippen molar-refractivity contribution in [2.45, 2.75) is 13.0 Å². The number of rotatable bonds is 4. The molecule has 1 unspecified atom stereocenters. The van der Waals surface area contributed by atoms with Crippen LogP contribution in [0.25, 0.3) is 0 Å². The molecule has 1 atom stereocenters. The number of pyridine rings is 1. The van der Waals surface area contributed by atoms with Gasteiger partial charge in [0, 0.05) is 12.6 Å². The number of nitrogens with zero attached hydrogens (tertiary/aromatic N) is 1. The molecule has 0 aliphatic heterocycles. The second kappa shape index (κ2) is 4.72. The summed E-state index contributed by atoms with van der Waals surface area (Å²) in [4.78, 5) is 3.96. The van der Waals surface area contributed by atoms with Gasteiger partial charge in [-0.3, -0.25) is 4.98 Å². The molecule has 1 aromatic heterocycles. The molecule has 0 amide bonds. The van der Waals surface area contributed by atoms with Crippen LogP contribution in [0.2, 0.25) is 0 Å². The summed E-state index contributed by atoms with van der Waals surface area (Å²) in [6.45, 7) is 6.30. The van der Waals surface area contributed by atoms with Crippen LogP contribution in [0, 0.1) is 5.82 Å². The topological polar surface area (TPSA) is 24.9 Å². The molecule has 1 aromatic rings. The van der Waals surface area contributed by atoms with Crippen molar-refractivity contribution in [2.24, 2.45) is 0 Å². The molecule has 0 saturated heterocycles. The van der Waals surface area contributed by atoms with E-state index in [1.54, 1.807) is 12.1 Å². The summed E-state index contributed by atoms with van der Waals surface area (Å²) in [5, 5.41) is 3.17. The summed E-state index contributed by atoms with van der Waals surface area (Å²) < 4.78 is 12.5. The van der Waals surface area contributed by atoms with Crippen molar-refractivity contribution in [3.63, 3.8) is 0 Å². The SMILES string of the molecule is C=CCNC(C)c1ccc(F)cn1. The molecule has 70 valence electrons. The summed E-state index contributed by atoms with van der Waals surface area (Å²) in [6.07, 6.45) is 3.00. The van der Waals surface area contributed by atoms with Gasteiger partial charge in [0.2, 0.25) is 0 Å². The van der Waals surface area contributed by atoms with Crippen LogP contribution in [0.15, 0.2) is 31.0 Å². The standard InChI is InChI=1S/C10H13FN2/c1-3-6-12-8(2)10-5-4-9(11)7-13-10/h3-5,7-8,12H,1,6H2,2H3. The van der Waals surface area contributed by atoms with Crippen molar-refractivity contribution in [1.29, 1.82) is 0 Å². The molecule has 0 aromatic carbocycles. The fourth-order valence-electron chi connectivity index (χ4n) is 1.01. The Morgan fingerprint density at radius 3 is 3.00 bits per heavy atom. The monoisotopic (exact) mass is 180 g/mol. The first kappa shape index (κ1) is 9.86. The molecule has 0 aliphatic carbocycles. The lowest BCUT2D eigenvalue weighted by atomic mass is 10.2. The fourth-order valence-corrected chi connectivity index (χ4v) is 1.01. The summed E-state index contributed by atoms with van der Waals surface area (Å²) in [6, 6.07) is 3.21. The van der Waals surface area contributed by atoms with Crippen molar-refractivity contribution < 1.29 is 4.39 Å². The third-order valence-corrected chi connectivity index (χ3v) is 1.76. The van der Waals surface area contributed by atoms with Gasteiger partial charge in [-0.15, -0.1) is 6.58 Å². The summed E-state index contributed by atoms with van der Waals surface area (Å²) in [5.74, 6) is -0.306. The van der Waals surface area contributed by atoms with Gasteiger partial charge in [-0.2, -0.15) is 0 Å². The smallest absolute Gasteiger partial charge is 0.141 e. The van der Waals surface area contributed by atoms with Crippen LogP contribution in [0.3, 0.4) is 0 Å². The van der Waals surface area contributed by atoms with Gasteiger partial charge < -0.3 is 5.32 Å². The zero-order chi connectivity index (χ0) is 9.68. The van der Waals surface area contributed by atoms with Gasteiger partial charge >= 0.3 is 0 Å². The molecule has 0 saturated carbocycles. The largest absolute Gasteiger partial charge is 0.305 e. The molecule has 0 aliphatic rings. The fraction of sp³-hybridized carbons (Fsp3) is 0.300. The van der Waals surface area contributed by atoms with Gasteiger partial charge in [-0.1, -0.05) is 6.08 Å². The first-order valence-corrected chi connectivity index (χ1v) is 4.19. The van der Waals surface area contributed by atoms with E-state index in [9.17, 15) is 4.39 Å². The highest BCUT2D eigenvalue weighted by Crippen LogP contribution is 2.08. The average Bonchev–Trinajstić information content (AvgIpc) is 2.15. The zero-order valence-electron chi connectivity index (χ0n) is 7.63. The minimum atomic E-state index is -0.306. The first-order chi connectivity index (χ1) is 6.24. The molecular formula is C10H13FN2. The summed E-state index contributed by atoms with van der Waals surface area (Å²) in [5.41, 5.74) is 0.836. The van der Waals surface area contributed by atoms with Crippen LogP contribution in [0.4, 0.5) is 4.39 Å². The summed E-state index contributed by atoms with van der Waals surface area (Å²) >= 11 is 0. The molecule has 0 bridgehead atoms.